The van der Waals surface area contributed by atoms with E-state index in [2.05, 4.69) is 10.1 Å². The molecule has 1 fully saturated rings. The molecular weight excluding hydrogens is 254 g/mol. The van der Waals surface area contributed by atoms with E-state index in [0.717, 1.165) is 16.7 Å². The first-order chi connectivity index (χ1) is 8.65. The second-order valence-corrected chi connectivity index (χ2v) is 4.78. The monoisotopic (exact) mass is 265 g/mol. The van der Waals surface area contributed by atoms with E-state index in [4.69, 9.17) is 0 Å². The van der Waals surface area contributed by atoms with E-state index in [1.165, 1.54) is 0 Å². The number of nitrogens with one attached hydrogen (secondary N) is 1. The molecule has 0 spiro atoms. The molecule has 1 amide bonds. The summed E-state index contributed by atoms with van der Waals surface area (Å²) in [5, 5.41) is 2.20. The Balaban J connectivity index is 1.88. The number of esters is 2. The molecule has 1 atom stereocenters. The number of thioether (sulfide) groups is 1. The Morgan fingerprint density at radius 1 is 1.28 bits per heavy atom. The van der Waals surface area contributed by atoms with E-state index >= 15 is 0 Å². The third-order valence-electron chi connectivity index (χ3n) is 2.38. The molecule has 5 nitrogen and oxygen atoms in total. The minimum atomic E-state index is -0.730. The van der Waals surface area contributed by atoms with E-state index in [9.17, 15) is 14.4 Å². The maximum Gasteiger partial charge on any atom is 0.336 e. The second-order valence-electron chi connectivity index (χ2n) is 3.73. The smallest absolute Gasteiger partial charge is 0.336 e. The molecule has 0 saturated carbocycles. The summed E-state index contributed by atoms with van der Waals surface area (Å²) < 4.78 is 4.45. The summed E-state index contributed by atoms with van der Waals surface area (Å²) in [6.45, 7) is 0. The molecule has 1 saturated heterocycles. The lowest BCUT2D eigenvalue weighted by molar-refractivity contribution is -0.164. The highest BCUT2D eigenvalue weighted by molar-refractivity contribution is 8.13. The summed E-state index contributed by atoms with van der Waals surface area (Å²) in [5.41, 5.74) is 0. The summed E-state index contributed by atoms with van der Waals surface area (Å²) in [5.74, 6) is -1.23. The molecule has 1 aliphatic rings. The maximum absolute atomic E-state index is 11.7. The van der Waals surface area contributed by atoms with Crippen molar-refractivity contribution in [3.8, 4) is 0 Å². The lowest BCUT2D eigenvalue weighted by Crippen LogP contribution is -2.44. The predicted octanol–water partition coefficient (Wildman–Crippen LogP) is 1.72. The molecule has 0 bridgehead atoms. The fraction of sp³-hybridized carbons (Fsp3) is 0.250. The molecule has 1 heterocycles. The lowest BCUT2D eigenvalue weighted by Gasteiger charge is -2.20. The van der Waals surface area contributed by atoms with Crippen LogP contribution in [0.3, 0.4) is 0 Å². The van der Waals surface area contributed by atoms with Crippen molar-refractivity contribution in [2.24, 2.45) is 0 Å². The molecule has 1 unspecified atom stereocenters. The highest BCUT2D eigenvalue weighted by Gasteiger charge is 2.30. The maximum atomic E-state index is 11.7. The molecule has 1 N–H and O–H groups in total. The Morgan fingerprint density at radius 2 is 2.00 bits per heavy atom. The highest BCUT2D eigenvalue weighted by Crippen LogP contribution is 2.19. The van der Waals surface area contributed by atoms with E-state index < -0.39 is 18.0 Å². The number of hydrogen-bond acceptors (Lipinski definition) is 5. The third kappa shape index (κ3) is 3.33. The van der Waals surface area contributed by atoms with Gasteiger partial charge in [0, 0.05) is 11.3 Å². The fourth-order valence-corrected chi connectivity index (χ4v) is 2.22. The van der Waals surface area contributed by atoms with Crippen LogP contribution in [0.1, 0.15) is 12.8 Å². The van der Waals surface area contributed by atoms with Crippen LogP contribution >= 0.6 is 11.8 Å². The van der Waals surface area contributed by atoms with Gasteiger partial charge < -0.3 is 10.1 Å². The summed E-state index contributed by atoms with van der Waals surface area (Å²) in [4.78, 5) is 34.6. The van der Waals surface area contributed by atoms with Gasteiger partial charge in [-0.3, -0.25) is 9.59 Å². The number of hydrogen-bond donors (Lipinski definition) is 1. The van der Waals surface area contributed by atoms with Crippen molar-refractivity contribution in [3.63, 3.8) is 0 Å². The summed E-state index contributed by atoms with van der Waals surface area (Å²) in [6, 6.07) is 8.37. The normalized spacial score (nSPS) is 19.2. The van der Waals surface area contributed by atoms with E-state index in [0.29, 0.717) is 6.42 Å². The molecule has 94 valence electrons. The Kier molecular flexibility index (Phi) is 3.99. The third-order valence-corrected chi connectivity index (χ3v) is 3.19. The van der Waals surface area contributed by atoms with Gasteiger partial charge in [0.25, 0.3) is 5.24 Å². The van der Waals surface area contributed by atoms with Crippen LogP contribution in [0.2, 0.25) is 0 Å². The van der Waals surface area contributed by atoms with Crippen LogP contribution in [-0.2, 0) is 14.3 Å². The van der Waals surface area contributed by atoms with Gasteiger partial charge in [-0.15, -0.1) is 0 Å². The van der Waals surface area contributed by atoms with Gasteiger partial charge >= 0.3 is 11.9 Å². The fourth-order valence-electron chi connectivity index (χ4n) is 1.51. The first-order valence-corrected chi connectivity index (χ1v) is 6.25. The van der Waals surface area contributed by atoms with E-state index in [1.54, 1.807) is 12.1 Å². The van der Waals surface area contributed by atoms with Crippen molar-refractivity contribution >= 4 is 28.9 Å². The van der Waals surface area contributed by atoms with Crippen LogP contribution in [0, 0.1) is 0 Å². The molecule has 0 aliphatic carbocycles. The second kappa shape index (κ2) is 5.68. The average Bonchev–Trinajstić information content (AvgIpc) is 2.34. The summed E-state index contributed by atoms with van der Waals surface area (Å²) in [6.07, 6.45) is 0.436. The summed E-state index contributed by atoms with van der Waals surface area (Å²) in [7, 11) is 0. The molecule has 1 aromatic rings. The molecule has 1 aliphatic heterocycles. The zero-order chi connectivity index (χ0) is 13.0. The van der Waals surface area contributed by atoms with Crippen LogP contribution < -0.4 is 5.32 Å². The van der Waals surface area contributed by atoms with E-state index in [1.807, 2.05) is 18.2 Å². The lowest BCUT2D eigenvalue weighted by atomic mass is 10.1. The number of rotatable bonds is 2. The van der Waals surface area contributed by atoms with Crippen LogP contribution in [0.15, 0.2) is 35.2 Å². The quantitative estimate of drug-likeness (QED) is 0.501. The SMILES string of the molecule is O=C1CCC(NC(=O)Sc2ccccc2)C(=O)O1. The number of ether oxygens (including phenoxy) is 1. The van der Waals surface area contributed by atoms with Crippen molar-refractivity contribution < 1.29 is 19.1 Å². The molecule has 2 rings (SSSR count). The predicted molar refractivity (Wildman–Crippen MR) is 65.0 cm³/mol. The first kappa shape index (κ1) is 12.6. The molecule has 0 radical (unpaired) electrons. The standard InChI is InChI=1S/C12H11NO4S/c14-10-7-6-9(11(15)17-10)13-12(16)18-8-4-2-1-3-5-8/h1-5,9H,6-7H2,(H,13,16). The number of amides is 1. The van der Waals surface area contributed by atoms with Crippen molar-refractivity contribution in [2.45, 2.75) is 23.8 Å². The molecular formula is C12H11NO4S. The van der Waals surface area contributed by atoms with Crippen LogP contribution in [0.5, 0.6) is 0 Å². The summed E-state index contributed by atoms with van der Waals surface area (Å²) >= 11 is 0.997. The zero-order valence-corrected chi connectivity index (χ0v) is 10.2. The molecule has 6 heteroatoms. The van der Waals surface area contributed by atoms with Crippen LogP contribution in [0.4, 0.5) is 4.79 Å². The van der Waals surface area contributed by atoms with Gasteiger partial charge in [-0.2, -0.15) is 0 Å². The first-order valence-electron chi connectivity index (χ1n) is 5.43. The Bertz CT molecular complexity index is 474. The van der Waals surface area contributed by atoms with Gasteiger partial charge in [0.05, 0.1) is 0 Å². The van der Waals surface area contributed by atoms with Gasteiger partial charge in [0.1, 0.15) is 6.04 Å². The molecule has 1 aromatic carbocycles. The van der Waals surface area contributed by atoms with Gasteiger partial charge in [-0.1, -0.05) is 18.2 Å². The van der Waals surface area contributed by atoms with Gasteiger partial charge in [-0.25, -0.2) is 4.79 Å². The van der Waals surface area contributed by atoms with Crippen molar-refractivity contribution in [2.75, 3.05) is 0 Å². The van der Waals surface area contributed by atoms with Gasteiger partial charge in [-0.05, 0) is 30.3 Å². The van der Waals surface area contributed by atoms with Crippen molar-refractivity contribution in [3.05, 3.63) is 30.3 Å². The number of benzene rings is 1. The topological polar surface area (TPSA) is 72.5 Å². The Labute approximate surface area is 108 Å². The zero-order valence-electron chi connectivity index (χ0n) is 9.42. The van der Waals surface area contributed by atoms with Gasteiger partial charge in [0.15, 0.2) is 0 Å². The largest absolute Gasteiger partial charge is 0.392 e. The van der Waals surface area contributed by atoms with Crippen molar-refractivity contribution in [1.29, 1.82) is 0 Å². The number of carbonyl (C=O) groups excluding carboxylic acids is 3. The number of carbonyl (C=O) groups is 3. The van der Waals surface area contributed by atoms with Crippen LogP contribution in [0.25, 0.3) is 0 Å². The van der Waals surface area contributed by atoms with Gasteiger partial charge in [0.2, 0.25) is 0 Å². The minimum Gasteiger partial charge on any atom is -0.392 e. The van der Waals surface area contributed by atoms with Crippen molar-refractivity contribution in [1.82, 2.24) is 5.32 Å². The Hall–Kier alpha value is -1.82. The Morgan fingerprint density at radius 3 is 2.67 bits per heavy atom. The number of cyclic esters (lactones) is 2. The minimum absolute atomic E-state index is 0.146. The molecule has 0 aromatic heterocycles. The van der Waals surface area contributed by atoms with E-state index in [-0.39, 0.29) is 11.7 Å². The molecule has 18 heavy (non-hydrogen) atoms. The van der Waals surface area contributed by atoms with Crippen LogP contribution in [-0.4, -0.2) is 23.2 Å². The average molecular weight is 265 g/mol. The highest BCUT2D eigenvalue weighted by atomic mass is 32.2.